The van der Waals surface area contributed by atoms with Crippen LogP contribution in [0.25, 0.3) is 0 Å². The lowest BCUT2D eigenvalue weighted by atomic mass is 10.2. The van der Waals surface area contributed by atoms with Crippen LogP contribution in [-0.4, -0.2) is 41.1 Å². The van der Waals surface area contributed by atoms with E-state index < -0.39 is 5.97 Å². The van der Waals surface area contributed by atoms with E-state index in [1.807, 2.05) is 37.3 Å². The molecule has 1 saturated carbocycles. The zero-order valence-electron chi connectivity index (χ0n) is 12.4. The molecule has 1 aromatic carbocycles. The van der Waals surface area contributed by atoms with Gasteiger partial charge >= 0.3 is 12.0 Å². The molecular weight excluding hydrogens is 268 g/mol. The first kappa shape index (κ1) is 15.4. The van der Waals surface area contributed by atoms with Crippen LogP contribution in [0.5, 0.6) is 0 Å². The van der Waals surface area contributed by atoms with Crippen molar-refractivity contribution in [3.05, 3.63) is 30.3 Å². The van der Waals surface area contributed by atoms with Crippen LogP contribution in [0, 0.1) is 0 Å². The van der Waals surface area contributed by atoms with Gasteiger partial charge in [-0.05, 0) is 31.9 Å². The van der Waals surface area contributed by atoms with Gasteiger partial charge in [0.1, 0.15) is 6.54 Å². The SMILES string of the molecule is CCN(C(=O)N(CC(=O)O)C1CCCC1)c1ccccc1. The molecule has 0 saturated heterocycles. The van der Waals surface area contributed by atoms with Crippen molar-refractivity contribution in [2.75, 3.05) is 18.0 Å². The lowest BCUT2D eigenvalue weighted by Gasteiger charge is -2.33. The number of rotatable bonds is 5. The second-order valence-corrected chi connectivity index (χ2v) is 5.32. The summed E-state index contributed by atoms with van der Waals surface area (Å²) >= 11 is 0. The van der Waals surface area contributed by atoms with E-state index in [9.17, 15) is 9.59 Å². The molecule has 1 N–H and O–H groups in total. The zero-order valence-corrected chi connectivity index (χ0v) is 12.4. The maximum Gasteiger partial charge on any atom is 0.325 e. The Morgan fingerprint density at radius 3 is 2.33 bits per heavy atom. The van der Waals surface area contributed by atoms with Gasteiger partial charge in [-0.25, -0.2) is 4.79 Å². The van der Waals surface area contributed by atoms with Crippen LogP contribution in [0.3, 0.4) is 0 Å². The molecule has 1 aliphatic carbocycles. The molecule has 0 aliphatic heterocycles. The zero-order chi connectivity index (χ0) is 15.2. The molecule has 0 heterocycles. The Labute approximate surface area is 125 Å². The van der Waals surface area contributed by atoms with Crippen LogP contribution in [0.2, 0.25) is 0 Å². The maximum absolute atomic E-state index is 12.8. The first-order valence-electron chi connectivity index (χ1n) is 7.48. The normalized spacial score (nSPS) is 14.9. The van der Waals surface area contributed by atoms with E-state index in [4.69, 9.17) is 5.11 Å². The summed E-state index contributed by atoms with van der Waals surface area (Å²) < 4.78 is 0. The highest BCUT2D eigenvalue weighted by molar-refractivity contribution is 5.93. The van der Waals surface area contributed by atoms with Crippen molar-refractivity contribution >= 4 is 17.7 Å². The maximum atomic E-state index is 12.8. The monoisotopic (exact) mass is 290 g/mol. The average Bonchev–Trinajstić information content (AvgIpc) is 3.00. The van der Waals surface area contributed by atoms with Crippen LogP contribution in [0.4, 0.5) is 10.5 Å². The van der Waals surface area contributed by atoms with E-state index in [2.05, 4.69) is 0 Å². The molecule has 1 fully saturated rings. The van der Waals surface area contributed by atoms with Crippen molar-refractivity contribution in [3.63, 3.8) is 0 Å². The number of benzene rings is 1. The quantitative estimate of drug-likeness (QED) is 0.907. The Bertz CT molecular complexity index is 484. The third-order valence-corrected chi connectivity index (χ3v) is 3.93. The fraction of sp³-hybridized carbons (Fsp3) is 0.500. The largest absolute Gasteiger partial charge is 0.480 e. The molecule has 0 aromatic heterocycles. The second kappa shape index (κ2) is 7.11. The number of carbonyl (C=O) groups is 2. The van der Waals surface area contributed by atoms with Crippen molar-refractivity contribution in [2.45, 2.75) is 38.6 Å². The standard InChI is InChI=1S/C16H22N2O3/c1-2-17(13-8-4-3-5-9-13)16(21)18(12-15(19)20)14-10-6-7-11-14/h3-5,8-9,14H,2,6-7,10-12H2,1H3,(H,19,20). The predicted octanol–water partition coefficient (Wildman–Crippen LogP) is 2.96. The minimum absolute atomic E-state index is 0.0476. The highest BCUT2D eigenvalue weighted by Crippen LogP contribution is 2.25. The van der Waals surface area contributed by atoms with E-state index >= 15 is 0 Å². The fourth-order valence-corrected chi connectivity index (χ4v) is 2.91. The second-order valence-electron chi connectivity index (χ2n) is 5.32. The minimum Gasteiger partial charge on any atom is -0.480 e. The molecule has 0 unspecified atom stereocenters. The van der Waals surface area contributed by atoms with Gasteiger partial charge in [0.05, 0.1) is 0 Å². The summed E-state index contributed by atoms with van der Waals surface area (Å²) in [6, 6.07) is 9.23. The smallest absolute Gasteiger partial charge is 0.325 e. The van der Waals surface area contributed by atoms with Gasteiger partial charge in [0.2, 0.25) is 0 Å². The Hall–Kier alpha value is -2.04. The predicted molar refractivity (Wildman–Crippen MR) is 81.5 cm³/mol. The highest BCUT2D eigenvalue weighted by Gasteiger charge is 2.31. The number of para-hydroxylation sites is 1. The van der Waals surface area contributed by atoms with Crippen LogP contribution in [-0.2, 0) is 4.79 Å². The van der Waals surface area contributed by atoms with Gasteiger partial charge in [0.15, 0.2) is 0 Å². The Balaban J connectivity index is 2.20. The van der Waals surface area contributed by atoms with Crippen LogP contribution >= 0.6 is 0 Å². The van der Waals surface area contributed by atoms with Crippen LogP contribution in [0.1, 0.15) is 32.6 Å². The molecule has 0 spiro atoms. The summed E-state index contributed by atoms with van der Waals surface area (Å²) in [5.74, 6) is -0.959. The molecule has 0 bridgehead atoms. The van der Waals surface area contributed by atoms with E-state index in [-0.39, 0.29) is 18.6 Å². The van der Waals surface area contributed by atoms with Crippen molar-refractivity contribution in [1.29, 1.82) is 0 Å². The van der Waals surface area contributed by atoms with Crippen molar-refractivity contribution in [1.82, 2.24) is 4.90 Å². The van der Waals surface area contributed by atoms with Gasteiger partial charge in [-0.15, -0.1) is 0 Å². The molecule has 0 atom stereocenters. The number of carboxylic acid groups (broad SMARTS) is 1. The molecule has 1 aliphatic rings. The number of hydrogen-bond donors (Lipinski definition) is 1. The number of anilines is 1. The summed E-state index contributed by atoms with van der Waals surface area (Å²) in [6.45, 7) is 2.19. The van der Waals surface area contributed by atoms with Crippen molar-refractivity contribution < 1.29 is 14.7 Å². The number of carboxylic acids is 1. The third-order valence-electron chi connectivity index (χ3n) is 3.93. The summed E-state index contributed by atoms with van der Waals surface area (Å²) in [7, 11) is 0. The molecule has 21 heavy (non-hydrogen) atoms. The van der Waals surface area contributed by atoms with Gasteiger partial charge in [-0.3, -0.25) is 9.69 Å². The Morgan fingerprint density at radius 2 is 1.81 bits per heavy atom. The Kier molecular flexibility index (Phi) is 5.20. The molecule has 5 nitrogen and oxygen atoms in total. The third kappa shape index (κ3) is 3.74. The van der Waals surface area contributed by atoms with Crippen LogP contribution < -0.4 is 4.90 Å². The summed E-state index contributed by atoms with van der Waals surface area (Å²) in [4.78, 5) is 27.1. The van der Waals surface area contributed by atoms with E-state index in [1.165, 1.54) is 4.90 Å². The van der Waals surface area contributed by atoms with E-state index in [0.29, 0.717) is 6.54 Å². The number of hydrogen-bond acceptors (Lipinski definition) is 2. The molecule has 114 valence electrons. The number of aliphatic carboxylic acids is 1. The van der Waals surface area contributed by atoms with Crippen LogP contribution in [0.15, 0.2) is 30.3 Å². The lowest BCUT2D eigenvalue weighted by Crippen LogP contribution is -2.49. The van der Waals surface area contributed by atoms with Crippen molar-refractivity contribution in [2.24, 2.45) is 0 Å². The fourth-order valence-electron chi connectivity index (χ4n) is 2.91. The molecule has 0 radical (unpaired) electrons. The average molecular weight is 290 g/mol. The minimum atomic E-state index is -0.959. The van der Waals surface area contributed by atoms with Gasteiger partial charge < -0.3 is 10.0 Å². The van der Waals surface area contributed by atoms with Gasteiger partial charge in [-0.1, -0.05) is 31.0 Å². The number of urea groups is 1. The first-order valence-corrected chi connectivity index (χ1v) is 7.48. The van der Waals surface area contributed by atoms with Crippen molar-refractivity contribution in [3.8, 4) is 0 Å². The number of amides is 2. The topological polar surface area (TPSA) is 60.9 Å². The molecular formula is C16H22N2O3. The Morgan fingerprint density at radius 1 is 1.19 bits per heavy atom. The van der Waals surface area contributed by atoms with E-state index in [1.54, 1.807) is 4.90 Å². The molecule has 2 amide bonds. The first-order chi connectivity index (χ1) is 10.1. The molecule has 2 rings (SSSR count). The summed E-state index contributed by atoms with van der Waals surface area (Å²) in [5, 5.41) is 9.11. The summed E-state index contributed by atoms with van der Waals surface area (Å²) in [5.41, 5.74) is 0.804. The molecule has 5 heteroatoms. The van der Waals surface area contributed by atoms with E-state index in [0.717, 1.165) is 31.4 Å². The lowest BCUT2D eigenvalue weighted by molar-refractivity contribution is -0.138. The number of nitrogens with zero attached hydrogens (tertiary/aromatic N) is 2. The molecule has 1 aromatic rings. The highest BCUT2D eigenvalue weighted by atomic mass is 16.4. The van der Waals surface area contributed by atoms with Gasteiger partial charge in [0.25, 0.3) is 0 Å². The van der Waals surface area contributed by atoms with Gasteiger partial charge in [0, 0.05) is 18.3 Å². The van der Waals surface area contributed by atoms with Gasteiger partial charge in [-0.2, -0.15) is 0 Å². The number of carbonyl (C=O) groups excluding carboxylic acids is 1. The summed E-state index contributed by atoms with van der Waals surface area (Å²) in [6.07, 6.45) is 3.91.